The number of aromatic nitrogens is 2. The summed E-state index contributed by atoms with van der Waals surface area (Å²) < 4.78 is 26.7. The molecule has 0 radical (unpaired) electrons. The lowest BCUT2D eigenvalue weighted by molar-refractivity contribution is 0.574. The number of nitrogens with two attached hydrogens (primary N) is 1. The molecule has 0 bridgehead atoms. The Bertz CT molecular complexity index is 640. The highest BCUT2D eigenvalue weighted by Gasteiger charge is 2.19. The van der Waals surface area contributed by atoms with Crippen molar-refractivity contribution in [1.82, 2.24) is 14.7 Å². The molecular formula is C11H14N4O2S2. The van der Waals surface area contributed by atoms with Gasteiger partial charge >= 0.3 is 0 Å². The summed E-state index contributed by atoms with van der Waals surface area (Å²) in [4.78, 5) is 7.93. The second-order valence-corrected chi connectivity index (χ2v) is 6.70. The Morgan fingerprint density at radius 2 is 2.26 bits per heavy atom. The molecule has 1 atom stereocenters. The van der Waals surface area contributed by atoms with E-state index >= 15 is 0 Å². The van der Waals surface area contributed by atoms with Gasteiger partial charge in [0, 0.05) is 36.4 Å². The Labute approximate surface area is 115 Å². The fourth-order valence-corrected chi connectivity index (χ4v) is 3.39. The molecule has 0 aliphatic rings. The van der Waals surface area contributed by atoms with Crippen molar-refractivity contribution in [3.8, 4) is 0 Å². The quantitative estimate of drug-likeness (QED) is 0.864. The first-order valence-electron chi connectivity index (χ1n) is 5.59. The molecule has 6 nitrogen and oxygen atoms in total. The largest absolute Gasteiger partial charge is 0.398 e. The molecule has 2 aromatic heterocycles. The minimum Gasteiger partial charge on any atom is -0.398 e. The highest BCUT2D eigenvalue weighted by atomic mass is 32.2. The molecule has 0 fully saturated rings. The van der Waals surface area contributed by atoms with Crippen molar-refractivity contribution < 1.29 is 8.42 Å². The normalized spacial score (nSPS) is 13.3. The Morgan fingerprint density at radius 1 is 1.47 bits per heavy atom. The first-order chi connectivity index (χ1) is 9.00. The lowest BCUT2D eigenvalue weighted by Gasteiger charge is -2.11. The summed E-state index contributed by atoms with van der Waals surface area (Å²) in [5, 5.41) is 2.75. The summed E-state index contributed by atoms with van der Waals surface area (Å²) in [6, 6.07) is 1.46. The highest BCUT2D eigenvalue weighted by Crippen LogP contribution is 2.19. The second-order valence-electron chi connectivity index (χ2n) is 4.04. The monoisotopic (exact) mass is 298 g/mol. The Morgan fingerprint density at radius 3 is 2.89 bits per heavy atom. The molecule has 0 spiro atoms. The first kappa shape index (κ1) is 13.9. The number of pyridine rings is 1. The molecule has 0 aliphatic heterocycles. The van der Waals surface area contributed by atoms with E-state index in [0.29, 0.717) is 0 Å². The van der Waals surface area contributed by atoms with Gasteiger partial charge in [0.05, 0.1) is 10.7 Å². The van der Waals surface area contributed by atoms with Crippen LogP contribution in [0.3, 0.4) is 0 Å². The first-order valence-corrected chi connectivity index (χ1v) is 7.95. The van der Waals surface area contributed by atoms with Crippen LogP contribution in [0.15, 0.2) is 34.9 Å². The lowest BCUT2D eigenvalue weighted by Crippen LogP contribution is -2.28. The molecule has 2 aromatic rings. The van der Waals surface area contributed by atoms with Crippen LogP contribution in [0.2, 0.25) is 0 Å². The van der Waals surface area contributed by atoms with Crippen LogP contribution >= 0.6 is 11.3 Å². The predicted octanol–water partition coefficient (Wildman–Crippen LogP) is 1.20. The van der Waals surface area contributed by atoms with Crippen molar-refractivity contribution in [2.75, 3.05) is 12.3 Å². The van der Waals surface area contributed by atoms with E-state index in [4.69, 9.17) is 5.73 Å². The number of thiazole rings is 1. The molecule has 1 unspecified atom stereocenters. The zero-order valence-corrected chi connectivity index (χ0v) is 11.9. The van der Waals surface area contributed by atoms with Crippen LogP contribution in [0.4, 0.5) is 5.69 Å². The van der Waals surface area contributed by atoms with E-state index < -0.39 is 10.0 Å². The highest BCUT2D eigenvalue weighted by molar-refractivity contribution is 7.89. The number of nitrogen functional groups attached to an aromatic ring is 1. The van der Waals surface area contributed by atoms with E-state index in [-0.39, 0.29) is 23.0 Å². The number of rotatable bonds is 5. The molecule has 0 aromatic carbocycles. The molecule has 2 rings (SSSR count). The number of nitrogens with one attached hydrogen (secondary N) is 1. The fraction of sp³-hybridized carbons (Fsp3) is 0.273. The van der Waals surface area contributed by atoms with Gasteiger partial charge in [-0.25, -0.2) is 18.1 Å². The molecular weight excluding hydrogens is 284 g/mol. The van der Waals surface area contributed by atoms with Gasteiger partial charge < -0.3 is 5.73 Å². The Hall–Kier alpha value is -1.51. The smallest absolute Gasteiger partial charge is 0.244 e. The van der Waals surface area contributed by atoms with E-state index in [0.717, 1.165) is 5.01 Å². The van der Waals surface area contributed by atoms with Gasteiger partial charge in [0.1, 0.15) is 4.90 Å². The number of sulfonamides is 1. The third-order valence-corrected chi connectivity index (χ3v) is 5.03. The average Bonchev–Trinajstić information content (AvgIpc) is 2.90. The van der Waals surface area contributed by atoms with Gasteiger partial charge in [-0.3, -0.25) is 4.98 Å². The SMILES string of the molecule is CC(CNS(=O)(=O)c1cnccc1N)c1nccs1. The van der Waals surface area contributed by atoms with Crippen LogP contribution in [0.1, 0.15) is 17.8 Å². The summed E-state index contributed by atoms with van der Waals surface area (Å²) in [5.41, 5.74) is 5.82. The van der Waals surface area contributed by atoms with Crippen LogP contribution in [0, 0.1) is 0 Å². The Balaban J connectivity index is 2.09. The molecule has 0 saturated carbocycles. The average molecular weight is 298 g/mol. The maximum Gasteiger partial charge on any atom is 0.244 e. The van der Waals surface area contributed by atoms with E-state index in [9.17, 15) is 8.42 Å². The van der Waals surface area contributed by atoms with Gasteiger partial charge in [0.2, 0.25) is 10.0 Å². The molecule has 8 heteroatoms. The van der Waals surface area contributed by atoms with Crippen molar-refractivity contribution in [3.63, 3.8) is 0 Å². The second kappa shape index (κ2) is 5.64. The van der Waals surface area contributed by atoms with Gasteiger partial charge in [0.15, 0.2) is 0 Å². The Kier molecular flexibility index (Phi) is 4.13. The molecule has 19 heavy (non-hydrogen) atoms. The minimum atomic E-state index is -3.64. The van der Waals surface area contributed by atoms with Crippen LogP contribution in [0.25, 0.3) is 0 Å². The van der Waals surface area contributed by atoms with Gasteiger partial charge in [0.25, 0.3) is 0 Å². The summed E-state index contributed by atoms with van der Waals surface area (Å²) >= 11 is 1.50. The van der Waals surface area contributed by atoms with Gasteiger partial charge in [-0.05, 0) is 6.07 Å². The molecule has 3 N–H and O–H groups in total. The maximum atomic E-state index is 12.1. The summed E-state index contributed by atoms with van der Waals surface area (Å²) in [6.07, 6.45) is 4.39. The molecule has 0 aliphatic carbocycles. The van der Waals surface area contributed by atoms with Crippen LogP contribution in [-0.4, -0.2) is 24.9 Å². The number of anilines is 1. The van der Waals surface area contributed by atoms with Crippen molar-refractivity contribution >= 4 is 27.0 Å². The summed E-state index contributed by atoms with van der Waals surface area (Å²) in [6.45, 7) is 2.18. The van der Waals surface area contributed by atoms with Gasteiger partial charge in [-0.1, -0.05) is 6.92 Å². The standard InChI is InChI=1S/C11H14N4O2S2/c1-8(11-14-4-5-18-11)6-15-19(16,17)10-7-13-3-2-9(10)12/h2-5,7-8,15H,6H2,1H3,(H2,12,13). The lowest BCUT2D eigenvalue weighted by atomic mass is 10.2. The summed E-state index contributed by atoms with van der Waals surface area (Å²) in [7, 11) is -3.64. The fourth-order valence-electron chi connectivity index (χ4n) is 1.49. The van der Waals surface area contributed by atoms with E-state index in [2.05, 4.69) is 14.7 Å². The van der Waals surface area contributed by atoms with E-state index in [1.54, 1.807) is 6.20 Å². The number of hydrogen-bond acceptors (Lipinski definition) is 6. The summed E-state index contributed by atoms with van der Waals surface area (Å²) in [5.74, 6) is 0.00710. The molecule has 102 valence electrons. The third kappa shape index (κ3) is 3.28. The maximum absolute atomic E-state index is 12.1. The van der Waals surface area contributed by atoms with E-state index in [1.807, 2.05) is 12.3 Å². The third-order valence-electron chi connectivity index (χ3n) is 2.56. The van der Waals surface area contributed by atoms with Crippen LogP contribution in [-0.2, 0) is 10.0 Å². The number of nitrogens with zero attached hydrogens (tertiary/aromatic N) is 2. The minimum absolute atomic E-state index is 0.00124. The molecule has 0 saturated heterocycles. The molecule has 0 amide bonds. The zero-order chi connectivity index (χ0) is 13.9. The van der Waals surface area contributed by atoms with Gasteiger partial charge in [-0.2, -0.15) is 0 Å². The molecule has 2 heterocycles. The zero-order valence-electron chi connectivity index (χ0n) is 10.3. The number of hydrogen-bond donors (Lipinski definition) is 2. The predicted molar refractivity (Wildman–Crippen MR) is 74.4 cm³/mol. The van der Waals surface area contributed by atoms with Crippen LogP contribution < -0.4 is 10.5 Å². The van der Waals surface area contributed by atoms with Crippen molar-refractivity contribution in [2.45, 2.75) is 17.7 Å². The van der Waals surface area contributed by atoms with Gasteiger partial charge in [-0.15, -0.1) is 11.3 Å². The topological polar surface area (TPSA) is 98.0 Å². The van der Waals surface area contributed by atoms with E-state index in [1.165, 1.54) is 29.8 Å². The van der Waals surface area contributed by atoms with Crippen LogP contribution in [0.5, 0.6) is 0 Å². The van der Waals surface area contributed by atoms with Crippen molar-refractivity contribution in [2.24, 2.45) is 0 Å². The van der Waals surface area contributed by atoms with Crippen molar-refractivity contribution in [3.05, 3.63) is 35.0 Å². The van der Waals surface area contributed by atoms with Crippen molar-refractivity contribution in [1.29, 1.82) is 0 Å².